The fourth-order valence-corrected chi connectivity index (χ4v) is 3.50. The van der Waals surface area contributed by atoms with Crippen LogP contribution in [-0.2, 0) is 9.53 Å². The number of aryl methyl sites for hydroxylation is 1. The van der Waals surface area contributed by atoms with Crippen LogP contribution >= 0.6 is 11.3 Å². The van der Waals surface area contributed by atoms with Crippen molar-refractivity contribution in [2.75, 3.05) is 20.3 Å². The van der Waals surface area contributed by atoms with Gasteiger partial charge in [-0.3, -0.25) is 10.1 Å². The predicted molar refractivity (Wildman–Crippen MR) is 81.8 cm³/mol. The molecule has 1 aliphatic rings. The summed E-state index contributed by atoms with van der Waals surface area (Å²) in [6.07, 6.45) is 0.993. The summed E-state index contributed by atoms with van der Waals surface area (Å²) in [5.41, 5.74) is 0. The third-order valence-corrected chi connectivity index (χ3v) is 5.03. The van der Waals surface area contributed by atoms with Crippen molar-refractivity contribution in [1.82, 2.24) is 10.2 Å². The van der Waals surface area contributed by atoms with Gasteiger partial charge in [0, 0.05) is 23.4 Å². The average Bonchev–Trinajstić information content (AvgIpc) is 3.00. The van der Waals surface area contributed by atoms with Crippen LogP contribution in [0.4, 0.5) is 0 Å². The van der Waals surface area contributed by atoms with Crippen LogP contribution in [0.2, 0.25) is 0 Å². The minimum Gasteiger partial charge on any atom is -0.383 e. The highest BCUT2D eigenvalue weighted by molar-refractivity contribution is 7.12. The van der Waals surface area contributed by atoms with E-state index in [1.165, 1.54) is 9.75 Å². The molecule has 3 atom stereocenters. The minimum absolute atomic E-state index is 0.00431. The first-order valence-electron chi connectivity index (χ1n) is 7.20. The Bertz CT molecular complexity index is 460. The second-order valence-corrected chi connectivity index (χ2v) is 6.72. The number of nitrogens with one attached hydrogen (secondary N) is 1. The largest absolute Gasteiger partial charge is 0.383 e. The van der Waals surface area contributed by atoms with E-state index in [1.807, 2.05) is 4.90 Å². The monoisotopic (exact) mass is 296 g/mol. The summed E-state index contributed by atoms with van der Waals surface area (Å²) in [4.78, 5) is 17.0. The van der Waals surface area contributed by atoms with Crippen molar-refractivity contribution in [3.63, 3.8) is 0 Å². The molecule has 0 radical (unpaired) electrons. The highest BCUT2D eigenvalue weighted by atomic mass is 32.1. The molecule has 1 aromatic rings. The van der Waals surface area contributed by atoms with E-state index in [0.29, 0.717) is 19.1 Å². The van der Waals surface area contributed by atoms with Crippen LogP contribution < -0.4 is 5.32 Å². The van der Waals surface area contributed by atoms with Crippen LogP contribution in [0.25, 0.3) is 0 Å². The van der Waals surface area contributed by atoms with Crippen LogP contribution in [-0.4, -0.2) is 37.1 Å². The standard InChI is InChI=1S/C15H24N2O2S/c1-5-10(2)13-15(18)17(8-9-19-4)14(16-13)12-7-6-11(3)20-12/h6-7,10,13-14,16H,5,8-9H2,1-4H3. The molecule has 20 heavy (non-hydrogen) atoms. The smallest absolute Gasteiger partial charge is 0.241 e. The molecule has 0 saturated carbocycles. The maximum Gasteiger partial charge on any atom is 0.241 e. The molecular weight excluding hydrogens is 272 g/mol. The molecular formula is C15H24N2O2S. The Morgan fingerprint density at radius 2 is 2.25 bits per heavy atom. The van der Waals surface area contributed by atoms with Crippen molar-refractivity contribution in [3.05, 3.63) is 21.9 Å². The molecule has 1 N–H and O–H groups in total. The average molecular weight is 296 g/mol. The summed E-state index contributed by atoms with van der Waals surface area (Å²) in [6.45, 7) is 7.56. The Hall–Kier alpha value is -0.910. The lowest BCUT2D eigenvalue weighted by molar-refractivity contribution is -0.131. The highest BCUT2D eigenvalue weighted by Gasteiger charge is 2.41. The first-order valence-corrected chi connectivity index (χ1v) is 8.02. The molecule has 0 bridgehead atoms. The van der Waals surface area contributed by atoms with Gasteiger partial charge in [0.25, 0.3) is 0 Å². The maximum absolute atomic E-state index is 12.6. The van der Waals surface area contributed by atoms with Gasteiger partial charge in [0.2, 0.25) is 5.91 Å². The zero-order valence-corrected chi connectivity index (χ0v) is 13.5. The molecule has 2 rings (SSSR count). The minimum atomic E-state index is -0.0794. The van der Waals surface area contributed by atoms with E-state index in [9.17, 15) is 4.79 Å². The molecule has 4 nitrogen and oxygen atoms in total. The molecule has 0 spiro atoms. The quantitative estimate of drug-likeness (QED) is 0.877. The number of ether oxygens (including phenoxy) is 1. The normalized spacial score (nSPS) is 24.4. The molecule has 0 aliphatic carbocycles. The maximum atomic E-state index is 12.6. The first kappa shape index (κ1) is 15.5. The third-order valence-electron chi connectivity index (χ3n) is 3.98. The van der Waals surface area contributed by atoms with E-state index in [0.717, 1.165) is 6.42 Å². The summed E-state index contributed by atoms with van der Waals surface area (Å²) in [6, 6.07) is 4.14. The summed E-state index contributed by atoms with van der Waals surface area (Å²) >= 11 is 1.75. The number of methoxy groups -OCH3 is 1. The van der Waals surface area contributed by atoms with Gasteiger partial charge in [-0.1, -0.05) is 20.3 Å². The number of hydrogen-bond donors (Lipinski definition) is 1. The van der Waals surface area contributed by atoms with Crippen molar-refractivity contribution >= 4 is 17.2 Å². The van der Waals surface area contributed by atoms with E-state index in [4.69, 9.17) is 4.74 Å². The molecule has 1 aliphatic heterocycles. The molecule has 1 fully saturated rings. The summed E-state index contributed by atoms with van der Waals surface area (Å²) in [5, 5.41) is 3.51. The topological polar surface area (TPSA) is 41.6 Å². The van der Waals surface area contributed by atoms with Gasteiger partial charge >= 0.3 is 0 Å². The van der Waals surface area contributed by atoms with Gasteiger partial charge < -0.3 is 9.64 Å². The number of thiophene rings is 1. The molecule has 1 saturated heterocycles. The Labute approximate surface area is 125 Å². The molecule has 1 aromatic heterocycles. The predicted octanol–water partition coefficient (Wildman–Crippen LogP) is 2.55. The number of carbonyl (C=O) groups is 1. The lowest BCUT2D eigenvalue weighted by Crippen LogP contribution is -2.36. The Balaban J connectivity index is 2.21. The van der Waals surface area contributed by atoms with Crippen molar-refractivity contribution < 1.29 is 9.53 Å². The SMILES string of the molecule is CCC(C)C1NC(c2ccc(C)s2)N(CCOC)C1=O. The molecule has 3 unspecified atom stereocenters. The number of nitrogens with zero attached hydrogens (tertiary/aromatic N) is 1. The van der Waals surface area contributed by atoms with Crippen molar-refractivity contribution in [2.45, 2.75) is 39.4 Å². The Morgan fingerprint density at radius 3 is 2.80 bits per heavy atom. The second kappa shape index (κ2) is 6.70. The van der Waals surface area contributed by atoms with E-state index in [1.54, 1.807) is 18.4 Å². The Kier molecular flexibility index (Phi) is 5.18. The lowest BCUT2D eigenvalue weighted by atomic mass is 9.99. The van der Waals surface area contributed by atoms with Crippen LogP contribution in [0.1, 0.15) is 36.2 Å². The van der Waals surface area contributed by atoms with Gasteiger partial charge in [-0.15, -0.1) is 11.3 Å². The fourth-order valence-electron chi connectivity index (χ4n) is 2.55. The van der Waals surface area contributed by atoms with E-state index in [-0.39, 0.29) is 18.1 Å². The fraction of sp³-hybridized carbons (Fsp3) is 0.667. The Morgan fingerprint density at radius 1 is 1.50 bits per heavy atom. The van der Waals surface area contributed by atoms with Crippen LogP contribution in [0, 0.1) is 12.8 Å². The number of amides is 1. The van der Waals surface area contributed by atoms with E-state index in [2.05, 4.69) is 38.2 Å². The van der Waals surface area contributed by atoms with Crippen molar-refractivity contribution in [3.8, 4) is 0 Å². The van der Waals surface area contributed by atoms with Gasteiger partial charge in [0.1, 0.15) is 6.17 Å². The number of rotatable bonds is 6. The van der Waals surface area contributed by atoms with Gasteiger partial charge in [-0.25, -0.2) is 0 Å². The second-order valence-electron chi connectivity index (χ2n) is 5.41. The third kappa shape index (κ3) is 3.05. The van der Waals surface area contributed by atoms with Crippen LogP contribution in [0.3, 0.4) is 0 Å². The van der Waals surface area contributed by atoms with Gasteiger partial charge in [0.15, 0.2) is 0 Å². The van der Waals surface area contributed by atoms with Crippen molar-refractivity contribution in [2.24, 2.45) is 5.92 Å². The first-order chi connectivity index (χ1) is 9.58. The molecule has 5 heteroatoms. The summed E-state index contributed by atoms with van der Waals surface area (Å²) < 4.78 is 5.15. The summed E-state index contributed by atoms with van der Waals surface area (Å²) in [7, 11) is 1.67. The zero-order valence-electron chi connectivity index (χ0n) is 12.7. The van der Waals surface area contributed by atoms with Crippen molar-refractivity contribution in [1.29, 1.82) is 0 Å². The van der Waals surface area contributed by atoms with E-state index < -0.39 is 0 Å². The highest BCUT2D eigenvalue weighted by Crippen LogP contribution is 2.32. The van der Waals surface area contributed by atoms with Gasteiger partial charge in [-0.05, 0) is 25.0 Å². The van der Waals surface area contributed by atoms with Crippen LogP contribution in [0.5, 0.6) is 0 Å². The van der Waals surface area contributed by atoms with Crippen LogP contribution in [0.15, 0.2) is 12.1 Å². The molecule has 2 heterocycles. The number of carbonyl (C=O) groups excluding carboxylic acids is 1. The van der Waals surface area contributed by atoms with Gasteiger partial charge in [-0.2, -0.15) is 0 Å². The summed E-state index contributed by atoms with van der Waals surface area (Å²) in [5.74, 6) is 0.547. The zero-order chi connectivity index (χ0) is 14.7. The number of hydrogen-bond acceptors (Lipinski definition) is 4. The van der Waals surface area contributed by atoms with Gasteiger partial charge in [0.05, 0.1) is 12.6 Å². The molecule has 112 valence electrons. The van der Waals surface area contributed by atoms with E-state index >= 15 is 0 Å². The lowest BCUT2D eigenvalue weighted by Gasteiger charge is -2.22. The molecule has 0 aromatic carbocycles. The molecule has 1 amide bonds.